The summed E-state index contributed by atoms with van der Waals surface area (Å²) in [5.41, 5.74) is 3.63. The van der Waals surface area contributed by atoms with Gasteiger partial charge in [-0.15, -0.1) is 0 Å². The van der Waals surface area contributed by atoms with Crippen LogP contribution in [0.3, 0.4) is 0 Å². The third-order valence-corrected chi connectivity index (χ3v) is 4.99. The van der Waals surface area contributed by atoms with E-state index in [-0.39, 0.29) is 11.3 Å². The number of carbonyl (C=O) groups is 3. The van der Waals surface area contributed by atoms with E-state index in [4.69, 9.17) is 21.1 Å². The number of benzene rings is 2. The molecular weight excluding hydrogens is 398 g/mol. The molecule has 2 amide bonds. The van der Waals surface area contributed by atoms with E-state index in [1.54, 1.807) is 48.5 Å². The van der Waals surface area contributed by atoms with Crippen molar-refractivity contribution in [3.8, 4) is 5.75 Å². The van der Waals surface area contributed by atoms with Crippen LogP contribution in [0.5, 0.6) is 5.75 Å². The van der Waals surface area contributed by atoms with Gasteiger partial charge in [0.05, 0.1) is 31.2 Å². The number of imide groups is 1. The van der Waals surface area contributed by atoms with Gasteiger partial charge in [0.1, 0.15) is 5.75 Å². The minimum Gasteiger partial charge on any atom is -0.495 e. The molecule has 1 atom stereocenters. The van der Waals surface area contributed by atoms with Gasteiger partial charge in [0.25, 0.3) is 11.8 Å². The number of nitrogens with zero attached hydrogens (tertiary/aromatic N) is 2. The van der Waals surface area contributed by atoms with Gasteiger partial charge in [0.15, 0.2) is 11.7 Å². The van der Waals surface area contributed by atoms with Crippen molar-refractivity contribution in [1.29, 1.82) is 0 Å². The van der Waals surface area contributed by atoms with Crippen LogP contribution < -0.4 is 20.1 Å². The fourth-order valence-electron chi connectivity index (χ4n) is 3.43. The Balaban J connectivity index is 1.84. The molecule has 0 aromatic heterocycles. The number of amides is 2. The number of anilines is 2. The number of hydrogen-bond acceptors (Lipinski definition) is 7. The number of rotatable bonds is 4. The molecule has 29 heavy (non-hydrogen) atoms. The molecule has 1 N–H and O–H groups in total. The summed E-state index contributed by atoms with van der Waals surface area (Å²) in [5.74, 6) is -1.52. The molecule has 0 unspecified atom stereocenters. The van der Waals surface area contributed by atoms with Crippen LogP contribution in [0, 0.1) is 0 Å². The lowest BCUT2D eigenvalue weighted by Crippen LogP contribution is -2.46. The Bertz CT molecular complexity index is 1050. The van der Waals surface area contributed by atoms with Crippen molar-refractivity contribution in [2.75, 3.05) is 24.1 Å². The number of hydrogen-bond donors (Lipinski definition) is 1. The van der Waals surface area contributed by atoms with Gasteiger partial charge in [-0.3, -0.25) is 20.0 Å². The monoisotopic (exact) mass is 413 g/mol. The zero-order valence-electron chi connectivity index (χ0n) is 15.5. The first-order valence-corrected chi connectivity index (χ1v) is 9.01. The van der Waals surface area contributed by atoms with Crippen LogP contribution in [0.2, 0.25) is 5.02 Å². The van der Waals surface area contributed by atoms with Gasteiger partial charge in [0, 0.05) is 5.02 Å². The standard InChI is InChI=1S/C20H16ClN3O5/c1-28-14-6-4-3-5-13(14)23-18(25)15-16(20(27)29-2)22-24(17(15)19(23)26)12-9-7-11(21)8-10-12/h3-10,17,22H,1-2H3/t17-/m0/s1. The highest BCUT2D eigenvalue weighted by molar-refractivity contribution is 6.34. The van der Waals surface area contributed by atoms with Crippen molar-refractivity contribution in [3.63, 3.8) is 0 Å². The average Bonchev–Trinajstić information content (AvgIpc) is 3.25. The lowest BCUT2D eigenvalue weighted by molar-refractivity contribution is -0.136. The Morgan fingerprint density at radius 1 is 1.07 bits per heavy atom. The van der Waals surface area contributed by atoms with Crippen LogP contribution >= 0.6 is 11.6 Å². The van der Waals surface area contributed by atoms with Crippen molar-refractivity contribution in [2.24, 2.45) is 0 Å². The van der Waals surface area contributed by atoms with Crippen LogP contribution in [-0.2, 0) is 19.1 Å². The highest BCUT2D eigenvalue weighted by Crippen LogP contribution is 2.39. The molecule has 2 heterocycles. The van der Waals surface area contributed by atoms with Gasteiger partial charge < -0.3 is 9.47 Å². The van der Waals surface area contributed by atoms with E-state index in [1.807, 2.05) is 0 Å². The average molecular weight is 414 g/mol. The molecule has 4 rings (SSSR count). The predicted molar refractivity (Wildman–Crippen MR) is 105 cm³/mol. The Morgan fingerprint density at radius 2 is 1.76 bits per heavy atom. The third-order valence-electron chi connectivity index (χ3n) is 4.74. The summed E-state index contributed by atoms with van der Waals surface area (Å²) in [6.45, 7) is 0. The second-order valence-electron chi connectivity index (χ2n) is 6.29. The Kier molecular flexibility index (Phi) is 4.63. The van der Waals surface area contributed by atoms with Gasteiger partial charge in [-0.2, -0.15) is 0 Å². The molecule has 0 aliphatic carbocycles. The van der Waals surface area contributed by atoms with Crippen LogP contribution in [0.25, 0.3) is 0 Å². The molecule has 2 aromatic rings. The zero-order chi connectivity index (χ0) is 20.7. The highest BCUT2D eigenvalue weighted by Gasteiger charge is 2.54. The fraction of sp³-hybridized carbons (Fsp3) is 0.150. The van der Waals surface area contributed by atoms with E-state index in [9.17, 15) is 14.4 Å². The number of nitrogens with one attached hydrogen (secondary N) is 1. The largest absolute Gasteiger partial charge is 0.495 e. The molecule has 8 nitrogen and oxygen atoms in total. The summed E-state index contributed by atoms with van der Waals surface area (Å²) in [4.78, 5) is 39.9. The van der Waals surface area contributed by atoms with Crippen molar-refractivity contribution >= 4 is 40.8 Å². The summed E-state index contributed by atoms with van der Waals surface area (Å²) in [7, 11) is 2.65. The second kappa shape index (κ2) is 7.14. The first-order valence-electron chi connectivity index (χ1n) is 8.63. The van der Waals surface area contributed by atoms with Gasteiger partial charge in [-0.1, -0.05) is 23.7 Å². The minimum absolute atomic E-state index is 0.0164. The van der Waals surface area contributed by atoms with Gasteiger partial charge in [-0.05, 0) is 36.4 Å². The smallest absolute Gasteiger partial charge is 0.356 e. The van der Waals surface area contributed by atoms with Crippen molar-refractivity contribution < 1.29 is 23.9 Å². The molecule has 1 fully saturated rings. The summed E-state index contributed by atoms with van der Waals surface area (Å²) in [6.07, 6.45) is 0. The van der Waals surface area contributed by atoms with E-state index in [0.29, 0.717) is 22.1 Å². The zero-order valence-corrected chi connectivity index (χ0v) is 16.3. The summed E-state index contributed by atoms with van der Waals surface area (Å²) in [6, 6.07) is 12.3. The van der Waals surface area contributed by atoms with E-state index >= 15 is 0 Å². The van der Waals surface area contributed by atoms with E-state index in [2.05, 4.69) is 5.43 Å². The molecule has 1 saturated heterocycles. The predicted octanol–water partition coefficient (Wildman–Crippen LogP) is 2.04. The van der Waals surface area contributed by atoms with Gasteiger partial charge in [0.2, 0.25) is 0 Å². The Labute approximate surface area is 171 Å². The van der Waals surface area contributed by atoms with Crippen molar-refractivity contribution in [3.05, 3.63) is 64.8 Å². The number of para-hydroxylation sites is 2. The number of ether oxygens (including phenoxy) is 2. The first kappa shape index (κ1) is 18.8. The number of fused-ring (bicyclic) bond motifs is 1. The Morgan fingerprint density at radius 3 is 2.41 bits per heavy atom. The summed E-state index contributed by atoms with van der Waals surface area (Å²) in [5, 5.41) is 1.96. The molecule has 0 saturated carbocycles. The van der Waals surface area contributed by atoms with E-state index < -0.39 is 23.8 Å². The maximum Gasteiger partial charge on any atom is 0.356 e. The number of methoxy groups -OCH3 is 2. The molecule has 9 heteroatoms. The molecule has 0 radical (unpaired) electrons. The van der Waals surface area contributed by atoms with Crippen LogP contribution in [-0.4, -0.2) is 38.0 Å². The Hall–Kier alpha value is -3.52. The van der Waals surface area contributed by atoms with Gasteiger partial charge >= 0.3 is 5.97 Å². The molecule has 2 aliphatic heterocycles. The molecule has 0 spiro atoms. The van der Waals surface area contributed by atoms with Crippen LogP contribution in [0.4, 0.5) is 11.4 Å². The molecule has 0 bridgehead atoms. The second-order valence-corrected chi connectivity index (χ2v) is 6.73. The quantitative estimate of drug-likeness (QED) is 0.606. The molecular formula is C20H16ClN3O5. The van der Waals surface area contributed by atoms with Crippen molar-refractivity contribution in [2.45, 2.75) is 6.04 Å². The highest BCUT2D eigenvalue weighted by atomic mass is 35.5. The van der Waals surface area contributed by atoms with E-state index in [0.717, 1.165) is 4.90 Å². The number of esters is 1. The maximum absolute atomic E-state index is 13.3. The minimum atomic E-state index is -1.04. The summed E-state index contributed by atoms with van der Waals surface area (Å²) >= 11 is 5.95. The first-order chi connectivity index (χ1) is 14.0. The topological polar surface area (TPSA) is 88.2 Å². The van der Waals surface area contributed by atoms with Gasteiger partial charge in [-0.25, -0.2) is 9.69 Å². The van der Waals surface area contributed by atoms with Crippen LogP contribution in [0.1, 0.15) is 0 Å². The lowest BCUT2D eigenvalue weighted by atomic mass is 10.1. The van der Waals surface area contributed by atoms with E-state index in [1.165, 1.54) is 19.2 Å². The summed E-state index contributed by atoms with van der Waals surface area (Å²) < 4.78 is 10.1. The molecule has 2 aromatic carbocycles. The number of halogens is 1. The number of carbonyl (C=O) groups excluding carboxylic acids is 3. The molecule has 148 valence electrons. The fourth-order valence-corrected chi connectivity index (χ4v) is 3.55. The van der Waals surface area contributed by atoms with Crippen LogP contribution in [0.15, 0.2) is 59.8 Å². The molecule has 2 aliphatic rings. The third kappa shape index (κ3) is 2.89. The maximum atomic E-state index is 13.3. The SMILES string of the molecule is COC(=O)C1=C2C(=O)N(c3ccccc3OC)C(=O)[C@H]2N(c2ccc(Cl)cc2)N1. The lowest BCUT2D eigenvalue weighted by Gasteiger charge is -2.26. The van der Waals surface area contributed by atoms with Crippen molar-refractivity contribution in [1.82, 2.24) is 5.43 Å². The normalized spacial score (nSPS) is 18.1. The number of hydrazine groups is 1.